The Kier molecular flexibility index (Phi) is 12.9. The highest BCUT2D eigenvalue weighted by Crippen LogP contribution is 2.31. The van der Waals surface area contributed by atoms with Gasteiger partial charge in [-0.1, -0.05) is 49.7 Å². The zero-order chi connectivity index (χ0) is 38.2. The number of halogens is 2. The molecule has 5 aromatic rings. The summed E-state index contributed by atoms with van der Waals surface area (Å²) < 4.78 is 14.6. The lowest BCUT2D eigenvalue weighted by molar-refractivity contribution is -0.134. The van der Waals surface area contributed by atoms with E-state index in [1.807, 2.05) is 42.6 Å². The molecule has 0 bridgehead atoms. The van der Waals surface area contributed by atoms with Gasteiger partial charge in [0.2, 0.25) is 5.91 Å². The highest BCUT2D eigenvalue weighted by atomic mass is 35.5. The number of hydrogen-bond acceptors (Lipinski definition) is 7. The van der Waals surface area contributed by atoms with E-state index in [1.54, 1.807) is 34.1 Å². The summed E-state index contributed by atoms with van der Waals surface area (Å²) in [6.07, 6.45) is 6.47. The summed E-state index contributed by atoms with van der Waals surface area (Å²) in [7, 11) is 0. The molecule has 7 rings (SSSR count). The topological polar surface area (TPSA) is 115 Å². The van der Waals surface area contributed by atoms with Crippen LogP contribution in [0, 0.1) is 11.7 Å². The Balaban J connectivity index is 0.000000199. The van der Waals surface area contributed by atoms with Crippen molar-refractivity contribution in [2.45, 2.75) is 58.9 Å². The Bertz CT molecular complexity index is 2140. The van der Waals surface area contributed by atoms with E-state index in [0.717, 1.165) is 64.9 Å². The zero-order valence-corrected chi connectivity index (χ0v) is 32.0. The second kappa shape index (κ2) is 18.0. The van der Waals surface area contributed by atoms with Crippen molar-refractivity contribution in [1.29, 1.82) is 0 Å². The highest BCUT2D eigenvalue weighted by molar-refractivity contribution is 6.31. The molecule has 3 heterocycles. The maximum absolute atomic E-state index is 14.6. The fourth-order valence-corrected chi connectivity index (χ4v) is 7.15. The van der Waals surface area contributed by atoms with Crippen LogP contribution >= 0.6 is 11.6 Å². The van der Waals surface area contributed by atoms with Gasteiger partial charge in [-0.3, -0.25) is 19.4 Å². The molecule has 0 radical (unpaired) electrons. The molecule has 1 unspecified atom stereocenters. The molecular weight excluding hydrogens is 705 g/mol. The van der Waals surface area contributed by atoms with Crippen LogP contribution in [0.2, 0.25) is 5.02 Å². The van der Waals surface area contributed by atoms with Crippen molar-refractivity contribution in [1.82, 2.24) is 29.9 Å². The number of carbonyl (C=O) groups is 2. The molecule has 54 heavy (non-hydrogen) atoms. The first-order valence-electron chi connectivity index (χ1n) is 19.0. The van der Waals surface area contributed by atoms with Crippen molar-refractivity contribution in [3.8, 4) is 0 Å². The van der Waals surface area contributed by atoms with Crippen LogP contribution in [0.1, 0.15) is 68.1 Å². The van der Waals surface area contributed by atoms with Crippen molar-refractivity contribution < 1.29 is 14.0 Å². The van der Waals surface area contributed by atoms with E-state index in [2.05, 4.69) is 46.2 Å². The molecule has 1 aliphatic heterocycles. The van der Waals surface area contributed by atoms with Crippen LogP contribution in [0.25, 0.3) is 21.7 Å². The number of nitrogens with zero attached hydrogens (tertiary/aromatic N) is 5. The molecule has 1 saturated carbocycles. The Hall–Kier alpha value is -4.87. The van der Waals surface area contributed by atoms with E-state index in [9.17, 15) is 18.8 Å². The standard InChI is InChI=1S/C24H23FN4O3.C18H26ClN3/c25-20-8-5-15(14-21-17-3-1-2-4-18(17)22(30)27-26-21)13-19(20)24(32)29-11-9-28(10-12-29)23(31)16-6-7-16;1-4-22(5-2)12-6-7-14(3)21-17-10-11-20-18-13-15(19)8-9-16(17)18/h1-5,8,13,16H,6-7,9-12,14H2,(H,27,30);8-11,13-14H,4-7,12H2,1-3H3,(H,20,21). The number of pyridine rings is 1. The highest BCUT2D eigenvalue weighted by Gasteiger charge is 2.35. The normalized spacial score (nSPS) is 14.9. The fourth-order valence-electron chi connectivity index (χ4n) is 6.98. The molecule has 2 aliphatic rings. The number of benzene rings is 3. The number of hydrogen-bond donors (Lipinski definition) is 2. The van der Waals surface area contributed by atoms with Gasteiger partial charge in [0.25, 0.3) is 11.5 Å². The first-order valence-corrected chi connectivity index (χ1v) is 19.4. The van der Waals surface area contributed by atoms with E-state index in [4.69, 9.17) is 11.6 Å². The van der Waals surface area contributed by atoms with Crippen LogP contribution in [0.4, 0.5) is 10.1 Å². The average Bonchev–Trinajstić information content (AvgIpc) is 4.04. The molecule has 2 aromatic heterocycles. The molecule has 0 spiro atoms. The van der Waals surface area contributed by atoms with Crippen molar-refractivity contribution >= 4 is 50.8 Å². The summed E-state index contributed by atoms with van der Waals surface area (Å²) in [5.74, 6) is -0.619. The maximum atomic E-state index is 14.6. The number of piperazine rings is 1. The van der Waals surface area contributed by atoms with Crippen LogP contribution in [0.3, 0.4) is 0 Å². The van der Waals surface area contributed by atoms with Crippen LogP contribution < -0.4 is 10.9 Å². The first-order chi connectivity index (χ1) is 26.1. The molecule has 10 nitrogen and oxygen atoms in total. The van der Waals surface area contributed by atoms with Gasteiger partial charge >= 0.3 is 0 Å². The Labute approximate surface area is 320 Å². The van der Waals surface area contributed by atoms with Gasteiger partial charge in [0.15, 0.2) is 0 Å². The minimum atomic E-state index is -0.575. The number of anilines is 1. The third-order valence-corrected chi connectivity index (χ3v) is 10.6. The quantitative estimate of drug-likeness (QED) is 0.139. The van der Waals surface area contributed by atoms with E-state index in [0.29, 0.717) is 49.7 Å². The van der Waals surface area contributed by atoms with E-state index >= 15 is 0 Å². The van der Waals surface area contributed by atoms with Gasteiger partial charge in [0, 0.05) is 72.2 Å². The SMILES string of the molecule is CCN(CC)CCCC(C)Nc1ccnc2cc(Cl)ccc12.O=C(c1cc(Cc2n[nH]c(=O)c3ccccc23)ccc1F)N1CCN(C(=O)C2CC2)CC1. The third-order valence-electron chi connectivity index (χ3n) is 10.3. The van der Waals surface area contributed by atoms with Crippen LogP contribution in [0.15, 0.2) is 77.7 Å². The number of aromatic amines is 1. The Morgan fingerprint density at radius 3 is 2.41 bits per heavy atom. The molecular formula is C42H49ClFN7O3. The predicted octanol–water partition coefficient (Wildman–Crippen LogP) is 7.16. The zero-order valence-electron chi connectivity index (χ0n) is 31.3. The number of nitrogens with one attached hydrogen (secondary N) is 2. The van der Waals surface area contributed by atoms with Crippen molar-refractivity contribution in [2.24, 2.45) is 5.92 Å². The minimum Gasteiger partial charge on any atom is -0.382 e. The van der Waals surface area contributed by atoms with E-state index < -0.39 is 5.82 Å². The lowest BCUT2D eigenvalue weighted by Crippen LogP contribution is -2.51. The number of amides is 2. The monoisotopic (exact) mass is 753 g/mol. The molecule has 2 N–H and O–H groups in total. The Morgan fingerprint density at radius 1 is 0.963 bits per heavy atom. The second-order valence-corrected chi connectivity index (χ2v) is 14.6. The van der Waals surface area contributed by atoms with E-state index in [1.165, 1.54) is 19.0 Å². The number of H-pyrrole nitrogens is 1. The second-order valence-electron chi connectivity index (χ2n) is 14.2. The number of carbonyl (C=O) groups excluding carboxylic acids is 2. The summed E-state index contributed by atoms with van der Waals surface area (Å²) >= 11 is 6.04. The molecule has 1 saturated heterocycles. The molecule has 284 valence electrons. The van der Waals surface area contributed by atoms with Crippen molar-refractivity contribution in [3.63, 3.8) is 0 Å². The predicted molar refractivity (Wildman–Crippen MR) is 214 cm³/mol. The van der Waals surface area contributed by atoms with Crippen LogP contribution in [-0.2, 0) is 11.2 Å². The van der Waals surface area contributed by atoms with Gasteiger partial charge in [-0.05, 0) is 100 Å². The molecule has 2 fully saturated rings. The molecule has 12 heteroatoms. The number of aromatic nitrogens is 3. The molecule has 3 aromatic carbocycles. The van der Waals surface area contributed by atoms with E-state index in [-0.39, 0.29) is 28.9 Å². The van der Waals surface area contributed by atoms with Crippen LogP contribution in [-0.4, -0.2) is 93.6 Å². The van der Waals surface area contributed by atoms with Gasteiger partial charge in [-0.2, -0.15) is 5.10 Å². The molecule has 1 atom stereocenters. The van der Waals surface area contributed by atoms with Gasteiger partial charge in [-0.15, -0.1) is 0 Å². The smallest absolute Gasteiger partial charge is 0.272 e. The largest absolute Gasteiger partial charge is 0.382 e. The maximum Gasteiger partial charge on any atom is 0.272 e. The van der Waals surface area contributed by atoms with Gasteiger partial charge < -0.3 is 20.0 Å². The summed E-state index contributed by atoms with van der Waals surface area (Å²) in [5.41, 5.74) is 3.20. The summed E-state index contributed by atoms with van der Waals surface area (Å²) in [6, 6.07) is 20.0. The van der Waals surface area contributed by atoms with Gasteiger partial charge in [0.1, 0.15) is 5.82 Å². The van der Waals surface area contributed by atoms with Crippen molar-refractivity contribution in [2.75, 3.05) is 51.1 Å². The number of fused-ring (bicyclic) bond motifs is 2. The average molecular weight is 754 g/mol. The minimum absolute atomic E-state index is 0.0122. The third kappa shape index (κ3) is 9.62. The first kappa shape index (κ1) is 38.8. The summed E-state index contributed by atoms with van der Waals surface area (Å²) in [5, 5.41) is 13.4. The molecule has 1 aliphatic carbocycles. The summed E-state index contributed by atoms with van der Waals surface area (Å²) in [6.45, 7) is 11.9. The van der Waals surface area contributed by atoms with Gasteiger partial charge in [-0.25, -0.2) is 9.49 Å². The van der Waals surface area contributed by atoms with Crippen LogP contribution in [0.5, 0.6) is 0 Å². The van der Waals surface area contributed by atoms with Crippen molar-refractivity contribution in [3.05, 3.63) is 111 Å². The Morgan fingerprint density at radius 2 is 1.69 bits per heavy atom. The molecule has 2 amide bonds. The lowest BCUT2D eigenvalue weighted by Gasteiger charge is -2.35. The van der Waals surface area contributed by atoms with Gasteiger partial charge in [0.05, 0.1) is 22.2 Å². The lowest BCUT2D eigenvalue weighted by atomic mass is 10.0. The fraction of sp³-hybridized carbons (Fsp3) is 0.405. The number of rotatable bonds is 12. The summed E-state index contributed by atoms with van der Waals surface area (Å²) in [4.78, 5) is 47.5.